The third-order valence-corrected chi connectivity index (χ3v) is 5.00. The van der Waals surface area contributed by atoms with Gasteiger partial charge in [-0.3, -0.25) is 14.8 Å². The molecule has 27 heavy (non-hydrogen) atoms. The molecule has 3 rings (SSSR count). The molecule has 0 unspecified atom stereocenters. The zero-order chi connectivity index (χ0) is 19.4. The van der Waals surface area contributed by atoms with Crippen LogP contribution in [-0.2, 0) is 13.0 Å². The lowest BCUT2D eigenvalue weighted by atomic mass is 9.89. The number of rotatable bonds is 7. The fourth-order valence-corrected chi connectivity index (χ4v) is 3.76. The molecule has 1 aliphatic heterocycles. The molecule has 2 heterocycles. The van der Waals surface area contributed by atoms with E-state index in [2.05, 4.69) is 35.0 Å². The lowest BCUT2D eigenvalue weighted by Crippen LogP contribution is -2.38. The Kier molecular flexibility index (Phi) is 6.26. The van der Waals surface area contributed by atoms with Crippen LogP contribution in [0.5, 0.6) is 5.75 Å². The third kappa shape index (κ3) is 4.95. The van der Waals surface area contributed by atoms with E-state index in [1.165, 1.54) is 25.3 Å². The molecule has 1 aromatic heterocycles. The maximum atomic E-state index is 13.6. The van der Waals surface area contributed by atoms with Crippen LogP contribution in [0.15, 0.2) is 24.3 Å². The largest absolute Gasteiger partial charge is 0.496 e. The molecule has 0 spiro atoms. The summed E-state index contributed by atoms with van der Waals surface area (Å²) >= 11 is 0. The second kappa shape index (κ2) is 8.65. The highest BCUT2D eigenvalue weighted by atomic mass is 19.1. The van der Waals surface area contributed by atoms with Gasteiger partial charge < -0.3 is 4.74 Å². The SMILES string of the molecule is COc1ccc(F)cc1C(=O)[C@H]1CCCN(Cc2cc(CC(C)C)n[nH]2)C1. The highest BCUT2D eigenvalue weighted by Crippen LogP contribution is 2.27. The minimum atomic E-state index is -0.415. The van der Waals surface area contributed by atoms with Crippen LogP contribution in [0.25, 0.3) is 0 Å². The topological polar surface area (TPSA) is 58.2 Å². The molecule has 0 radical (unpaired) electrons. The van der Waals surface area contributed by atoms with Crippen molar-refractivity contribution in [1.29, 1.82) is 0 Å². The fraction of sp³-hybridized carbons (Fsp3) is 0.524. The molecule has 1 saturated heterocycles. The zero-order valence-corrected chi connectivity index (χ0v) is 16.3. The molecule has 1 aromatic carbocycles. The number of methoxy groups -OCH3 is 1. The minimum Gasteiger partial charge on any atom is -0.496 e. The first-order chi connectivity index (χ1) is 13.0. The van der Waals surface area contributed by atoms with Gasteiger partial charge in [-0.15, -0.1) is 0 Å². The first-order valence-corrected chi connectivity index (χ1v) is 9.59. The molecule has 6 heteroatoms. The van der Waals surface area contributed by atoms with Crippen LogP contribution in [0.2, 0.25) is 0 Å². The van der Waals surface area contributed by atoms with E-state index >= 15 is 0 Å². The van der Waals surface area contributed by atoms with Crippen LogP contribution in [0.1, 0.15) is 48.4 Å². The van der Waals surface area contributed by atoms with Gasteiger partial charge in [0.25, 0.3) is 0 Å². The summed E-state index contributed by atoms with van der Waals surface area (Å²) in [5.74, 6) is 0.403. The maximum Gasteiger partial charge on any atom is 0.171 e. The molecule has 1 fully saturated rings. The van der Waals surface area contributed by atoms with Crippen LogP contribution in [0, 0.1) is 17.7 Å². The standard InChI is InChI=1S/C21H28FN3O2/c1-14(2)9-17-11-18(24-23-17)13-25-8-4-5-15(12-25)21(26)19-10-16(22)6-7-20(19)27-3/h6-7,10-11,14-15H,4-5,8-9,12-13H2,1-3H3,(H,23,24)/t15-/m0/s1. The lowest BCUT2D eigenvalue weighted by Gasteiger charge is -2.31. The van der Waals surface area contributed by atoms with Crippen molar-refractivity contribution in [2.45, 2.75) is 39.7 Å². The van der Waals surface area contributed by atoms with Crippen molar-refractivity contribution in [1.82, 2.24) is 15.1 Å². The smallest absolute Gasteiger partial charge is 0.171 e. The zero-order valence-electron chi connectivity index (χ0n) is 16.3. The summed E-state index contributed by atoms with van der Waals surface area (Å²) in [5.41, 5.74) is 2.49. The molecule has 0 aliphatic carbocycles. The molecule has 1 aliphatic rings. The Morgan fingerprint density at radius 3 is 2.96 bits per heavy atom. The van der Waals surface area contributed by atoms with Gasteiger partial charge in [0, 0.05) is 24.7 Å². The van der Waals surface area contributed by atoms with E-state index in [0.717, 1.165) is 43.7 Å². The van der Waals surface area contributed by atoms with Gasteiger partial charge in [0.2, 0.25) is 0 Å². The summed E-state index contributed by atoms with van der Waals surface area (Å²) in [4.78, 5) is 15.2. The summed E-state index contributed by atoms with van der Waals surface area (Å²) in [5, 5.41) is 7.49. The van der Waals surface area contributed by atoms with Gasteiger partial charge in [-0.1, -0.05) is 13.8 Å². The summed E-state index contributed by atoms with van der Waals surface area (Å²) in [6, 6.07) is 6.23. The van der Waals surface area contributed by atoms with E-state index in [4.69, 9.17) is 4.74 Å². The number of Topliss-reactive ketones (excluding diaryl/α,β-unsaturated/α-hetero) is 1. The van der Waals surface area contributed by atoms with E-state index in [0.29, 0.717) is 23.8 Å². The maximum absolute atomic E-state index is 13.6. The summed E-state index contributed by atoms with van der Waals surface area (Å²) in [6.07, 6.45) is 2.72. The van der Waals surface area contributed by atoms with Gasteiger partial charge in [-0.25, -0.2) is 4.39 Å². The highest BCUT2D eigenvalue weighted by Gasteiger charge is 2.29. The van der Waals surface area contributed by atoms with Crippen LogP contribution >= 0.6 is 0 Å². The second-order valence-electron chi connectivity index (χ2n) is 7.77. The number of aromatic nitrogens is 2. The molecule has 5 nitrogen and oxygen atoms in total. The average molecular weight is 373 g/mol. The fourth-order valence-electron chi connectivity index (χ4n) is 3.76. The van der Waals surface area contributed by atoms with E-state index < -0.39 is 5.82 Å². The number of benzene rings is 1. The van der Waals surface area contributed by atoms with Gasteiger partial charge >= 0.3 is 0 Å². The number of carbonyl (C=O) groups excluding carboxylic acids is 1. The monoisotopic (exact) mass is 373 g/mol. The molecule has 0 amide bonds. The first kappa shape index (κ1) is 19.5. The van der Waals surface area contributed by atoms with E-state index in [-0.39, 0.29) is 11.7 Å². The number of nitrogens with zero attached hydrogens (tertiary/aromatic N) is 2. The Balaban J connectivity index is 1.66. The first-order valence-electron chi connectivity index (χ1n) is 9.59. The van der Waals surface area contributed by atoms with Crippen LogP contribution in [0.3, 0.4) is 0 Å². The third-order valence-electron chi connectivity index (χ3n) is 5.00. The van der Waals surface area contributed by atoms with Crippen molar-refractivity contribution in [2.24, 2.45) is 11.8 Å². The number of nitrogens with one attached hydrogen (secondary N) is 1. The number of ketones is 1. The number of piperidine rings is 1. The highest BCUT2D eigenvalue weighted by molar-refractivity contribution is 6.00. The van der Waals surface area contributed by atoms with Gasteiger partial charge in [0.15, 0.2) is 5.78 Å². The quantitative estimate of drug-likeness (QED) is 0.749. The molecule has 146 valence electrons. The Morgan fingerprint density at radius 2 is 2.22 bits per heavy atom. The Labute approximate surface area is 159 Å². The van der Waals surface area contributed by atoms with E-state index in [1.54, 1.807) is 0 Å². The second-order valence-corrected chi connectivity index (χ2v) is 7.77. The van der Waals surface area contributed by atoms with Crippen molar-refractivity contribution >= 4 is 5.78 Å². The number of likely N-dealkylation sites (tertiary alicyclic amines) is 1. The number of ether oxygens (including phenoxy) is 1. The molecular formula is C21H28FN3O2. The predicted octanol–water partition coefficient (Wildman–Crippen LogP) is 3.85. The number of aromatic amines is 1. The number of carbonyl (C=O) groups is 1. The number of H-pyrrole nitrogens is 1. The van der Waals surface area contributed by atoms with E-state index in [1.807, 2.05) is 0 Å². The van der Waals surface area contributed by atoms with Crippen molar-refractivity contribution in [3.05, 3.63) is 47.0 Å². The average Bonchev–Trinajstić information content (AvgIpc) is 3.07. The Bertz CT molecular complexity index is 787. The number of halogens is 1. The summed E-state index contributed by atoms with van der Waals surface area (Å²) in [6.45, 7) is 6.71. The molecule has 0 saturated carbocycles. The summed E-state index contributed by atoms with van der Waals surface area (Å²) < 4.78 is 18.9. The molecular weight excluding hydrogens is 345 g/mol. The van der Waals surface area contributed by atoms with Crippen molar-refractivity contribution in [2.75, 3.05) is 20.2 Å². The molecule has 1 N–H and O–H groups in total. The van der Waals surface area contributed by atoms with Crippen LogP contribution in [0.4, 0.5) is 4.39 Å². The van der Waals surface area contributed by atoms with Crippen LogP contribution in [-0.4, -0.2) is 41.1 Å². The molecule has 0 bridgehead atoms. The molecule has 1 atom stereocenters. The number of hydrogen-bond acceptors (Lipinski definition) is 4. The Hall–Kier alpha value is -2.21. The van der Waals surface area contributed by atoms with Crippen molar-refractivity contribution in [3.8, 4) is 5.75 Å². The Morgan fingerprint density at radius 1 is 1.41 bits per heavy atom. The van der Waals surface area contributed by atoms with Gasteiger partial charge in [-0.05, 0) is 56.0 Å². The minimum absolute atomic E-state index is 0.0406. The van der Waals surface area contributed by atoms with Gasteiger partial charge in [0.05, 0.1) is 18.4 Å². The predicted molar refractivity (Wildman–Crippen MR) is 102 cm³/mol. The van der Waals surface area contributed by atoms with E-state index in [9.17, 15) is 9.18 Å². The van der Waals surface area contributed by atoms with Crippen molar-refractivity contribution in [3.63, 3.8) is 0 Å². The number of hydrogen-bond donors (Lipinski definition) is 1. The normalized spacial score (nSPS) is 18.0. The van der Waals surface area contributed by atoms with Crippen molar-refractivity contribution < 1.29 is 13.9 Å². The molecule has 2 aromatic rings. The van der Waals surface area contributed by atoms with Gasteiger partial charge in [-0.2, -0.15) is 5.10 Å². The van der Waals surface area contributed by atoms with Gasteiger partial charge in [0.1, 0.15) is 11.6 Å². The van der Waals surface area contributed by atoms with Crippen LogP contribution < -0.4 is 4.74 Å². The summed E-state index contributed by atoms with van der Waals surface area (Å²) in [7, 11) is 1.50. The lowest BCUT2D eigenvalue weighted by molar-refractivity contribution is 0.0806.